The Labute approximate surface area is 71.9 Å². The van der Waals surface area contributed by atoms with Crippen LogP contribution < -0.4 is 5.32 Å². The van der Waals surface area contributed by atoms with E-state index < -0.39 is 0 Å². The second kappa shape index (κ2) is 4.62. The van der Waals surface area contributed by atoms with Gasteiger partial charge in [-0.2, -0.15) is 12.6 Å². The molecule has 0 aromatic heterocycles. The number of carbonyl (C=O) groups is 1. The third-order valence-corrected chi connectivity index (χ3v) is 2.07. The van der Waals surface area contributed by atoms with Gasteiger partial charge in [-0.3, -0.25) is 4.79 Å². The van der Waals surface area contributed by atoms with Crippen molar-refractivity contribution in [3.05, 3.63) is 0 Å². The predicted molar refractivity (Wildman–Crippen MR) is 44.6 cm³/mol. The largest absolute Gasteiger partial charge is 0.461 e. The molecule has 1 aliphatic heterocycles. The van der Waals surface area contributed by atoms with Crippen molar-refractivity contribution in [3.8, 4) is 0 Å². The number of thiol groups is 1. The lowest BCUT2D eigenvalue weighted by molar-refractivity contribution is -0.664. The van der Waals surface area contributed by atoms with E-state index in [1.165, 1.54) is 0 Å². The molecule has 4 heteroatoms. The highest BCUT2D eigenvalue weighted by Gasteiger charge is 2.18. The zero-order chi connectivity index (χ0) is 8.10. The number of carbonyl (C=O) groups excluding carboxylic acids is 1. The van der Waals surface area contributed by atoms with Gasteiger partial charge >= 0.3 is 5.97 Å². The number of ether oxygens (including phenoxy) is 1. The van der Waals surface area contributed by atoms with Crippen LogP contribution in [-0.2, 0) is 9.53 Å². The van der Waals surface area contributed by atoms with Crippen molar-refractivity contribution in [2.75, 3.05) is 18.8 Å². The molecular weight excluding hydrogens is 162 g/mol. The molecule has 0 unspecified atom stereocenters. The van der Waals surface area contributed by atoms with Gasteiger partial charge in [0.2, 0.25) is 0 Å². The quantitative estimate of drug-likeness (QED) is 0.427. The second-order valence-electron chi connectivity index (χ2n) is 2.71. The molecule has 2 N–H and O–H groups in total. The van der Waals surface area contributed by atoms with Crippen molar-refractivity contribution in [2.45, 2.75) is 18.9 Å². The molecule has 1 heterocycles. The maximum atomic E-state index is 10.8. The van der Waals surface area contributed by atoms with Gasteiger partial charge in [-0.05, 0) is 0 Å². The van der Waals surface area contributed by atoms with Crippen LogP contribution in [0.5, 0.6) is 0 Å². The molecule has 3 nitrogen and oxygen atoms in total. The minimum atomic E-state index is -0.194. The molecule has 11 heavy (non-hydrogen) atoms. The van der Waals surface area contributed by atoms with E-state index in [0.717, 1.165) is 25.9 Å². The van der Waals surface area contributed by atoms with Crippen molar-refractivity contribution < 1.29 is 14.8 Å². The lowest BCUT2D eigenvalue weighted by Crippen LogP contribution is -2.86. The van der Waals surface area contributed by atoms with E-state index in [-0.39, 0.29) is 17.8 Å². The van der Waals surface area contributed by atoms with Gasteiger partial charge < -0.3 is 10.1 Å². The van der Waals surface area contributed by atoms with Gasteiger partial charge in [0.1, 0.15) is 6.10 Å². The van der Waals surface area contributed by atoms with Crippen LogP contribution in [0.25, 0.3) is 0 Å². The zero-order valence-electron chi connectivity index (χ0n) is 6.45. The molecule has 0 bridgehead atoms. The normalized spacial score (nSPS) is 19.7. The first-order valence-electron chi connectivity index (χ1n) is 3.95. The van der Waals surface area contributed by atoms with Gasteiger partial charge in [-0.15, -0.1) is 0 Å². The van der Waals surface area contributed by atoms with Crippen LogP contribution >= 0.6 is 12.6 Å². The fourth-order valence-electron chi connectivity index (χ4n) is 1.24. The Balaban J connectivity index is 2.19. The summed E-state index contributed by atoms with van der Waals surface area (Å²) in [7, 11) is 0. The smallest absolute Gasteiger partial charge is 0.315 e. The maximum Gasteiger partial charge on any atom is 0.315 e. The number of esters is 1. The second-order valence-corrected chi connectivity index (χ2v) is 3.03. The SMILES string of the molecule is O=C(CS)OC1CC[NH2+]CC1. The highest BCUT2D eigenvalue weighted by molar-refractivity contribution is 7.81. The summed E-state index contributed by atoms with van der Waals surface area (Å²) in [6.07, 6.45) is 2.12. The Bertz CT molecular complexity index is 134. The highest BCUT2D eigenvalue weighted by atomic mass is 32.1. The molecule has 0 aliphatic carbocycles. The van der Waals surface area contributed by atoms with E-state index in [0.29, 0.717) is 0 Å². The summed E-state index contributed by atoms with van der Waals surface area (Å²) in [5.74, 6) is 0.000429. The number of piperidine rings is 1. The van der Waals surface area contributed by atoms with Crippen LogP contribution in [0.3, 0.4) is 0 Å². The van der Waals surface area contributed by atoms with E-state index in [1.54, 1.807) is 0 Å². The molecule has 0 aromatic rings. The summed E-state index contributed by atoms with van der Waals surface area (Å²) in [6.45, 7) is 2.15. The summed E-state index contributed by atoms with van der Waals surface area (Å²) in [5, 5.41) is 2.24. The molecule has 1 aliphatic rings. The first-order valence-corrected chi connectivity index (χ1v) is 4.58. The minimum Gasteiger partial charge on any atom is -0.461 e. The summed E-state index contributed by atoms with van der Waals surface area (Å²) in [5.41, 5.74) is 0. The minimum absolute atomic E-state index is 0.152. The number of nitrogens with two attached hydrogens (primary N) is 1. The van der Waals surface area contributed by atoms with Crippen LogP contribution in [0.2, 0.25) is 0 Å². The zero-order valence-corrected chi connectivity index (χ0v) is 7.35. The standard InChI is InChI=1S/C7H13NO2S/c9-7(5-11)10-6-1-3-8-4-2-6/h6,8,11H,1-5H2/p+1. The Kier molecular flexibility index (Phi) is 3.72. The molecule has 64 valence electrons. The lowest BCUT2D eigenvalue weighted by atomic mass is 10.1. The molecule has 0 spiro atoms. The predicted octanol–water partition coefficient (Wildman–Crippen LogP) is -0.815. The Morgan fingerprint density at radius 2 is 2.18 bits per heavy atom. The van der Waals surface area contributed by atoms with Crippen molar-refractivity contribution in [1.29, 1.82) is 0 Å². The fourth-order valence-corrected chi connectivity index (χ4v) is 1.31. The van der Waals surface area contributed by atoms with Crippen LogP contribution in [0.4, 0.5) is 0 Å². The van der Waals surface area contributed by atoms with Gasteiger partial charge in [0.05, 0.1) is 18.8 Å². The van der Waals surface area contributed by atoms with Gasteiger partial charge in [-0.25, -0.2) is 0 Å². The van der Waals surface area contributed by atoms with Crippen molar-refractivity contribution in [1.82, 2.24) is 0 Å². The molecule has 1 saturated heterocycles. The van der Waals surface area contributed by atoms with Crippen molar-refractivity contribution in [3.63, 3.8) is 0 Å². The first-order chi connectivity index (χ1) is 5.33. The number of quaternary nitrogens is 1. The van der Waals surface area contributed by atoms with Crippen LogP contribution in [0, 0.1) is 0 Å². The van der Waals surface area contributed by atoms with E-state index in [1.807, 2.05) is 0 Å². The van der Waals surface area contributed by atoms with Crippen LogP contribution in [0.1, 0.15) is 12.8 Å². The first kappa shape index (κ1) is 8.87. The average Bonchev–Trinajstić information content (AvgIpc) is 2.06. The molecule has 0 amide bonds. The Morgan fingerprint density at radius 3 is 2.73 bits per heavy atom. The average molecular weight is 176 g/mol. The van der Waals surface area contributed by atoms with E-state index in [4.69, 9.17) is 4.74 Å². The number of rotatable bonds is 2. The van der Waals surface area contributed by atoms with E-state index >= 15 is 0 Å². The fraction of sp³-hybridized carbons (Fsp3) is 0.857. The van der Waals surface area contributed by atoms with Gasteiger partial charge in [-0.1, -0.05) is 0 Å². The third kappa shape index (κ3) is 3.12. The van der Waals surface area contributed by atoms with Crippen LogP contribution in [-0.4, -0.2) is 30.9 Å². The highest BCUT2D eigenvalue weighted by Crippen LogP contribution is 2.04. The van der Waals surface area contributed by atoms with Gasteiger partial charge in [0, 0.05) is 12.8 Å². The molecular formula is C7H14NO2S+. The number of hydrogen-bond donors (Lipinski definition) is 2. The van der Waals surface area contributed by atoms with Crippen molar-refractivity contribution >= 4 is 18.6 Å². The van der Waals surface area contributed by atoms with Crippen molar-refractivity contribution in [2.24, 2.45) is 0 Å². The third-order valence-electron chi connectivity index (χ3n) is 1.81. The summed E-state index contributed by atoms with van der Waals surface area (Å²) < 4.78 is 5.11. The molecule has 0 saturated carbocycles. The molecule has 1 fully saturated rings. The molecule has 0 atom stereocenters. The van der Waals surface area contributed by atoms with Gasteiger partial charge in [0.15, 0.2) is 0 Å². The lowest BCUT2D eigenvalue weighted by Gasteiger charge is -2.20. The maximum absolute atomic E-state index is 10.8. The molecule has 0 aromatic carbocycles. The van der Waals surface area contributed by atoms with Crippen LogP contribution in [0.15, 0.2) is 0 Å². The summed E-state index contributed by atoms with van der Waals surface area (Å²) in [6, 6.07) is 0. The number of hydrogen-bond acceptors (Lipinski definition) is 3. The topological polar surface area (TPSA) is 42.9 Å². The van der Waals surface area contributed by atoms with E-state index in [9.17, 15) is 4.79 Å². The molecule has 0 radical (unpaired) electrons. The Morgan fingerprint density at radius 1 is 1.55 bits per heavy atom. The summed E-state index contributed by atoms with van der Waals surface area (Å²) in [4.78, 5) is 10.8. The monoisotopic (exact) mass is 176 g/mol. The van der Waals surface area contributed by atoms with E-state index in [2.05, 4.69) is 17.9 Å². The Hall–Kier alpha value is -0.220. The molecule has 1 rings (SSSR count). The van der Waals surface area contributed by atoms with Gasteiger partial charge in [0.25, 0.3) is 0 Å². The summed E-state index contributed by atoms with van der Waals surface area (Å²) >= 11 is 3.83.